The lowest BCUT2D eigenvalue weighted by Gasteiger charge is -2.28. The zero-order chi connectivity index (χ0) is 13.3. The van der Waals surface area contributed by atoms with Crippen LogP contribution in [0.2, 0.25) is 0 Å². The highest BCUT2D eigenvalue weighted by Gasteiger charge is 2.17. The van der Waals surface area contributed by atoms with Crippen molar-refractivity contribution in [2.45, 2.75) is 58.9 Å². The Hall–Kier alpha value is -1.06. The van der Waals surface area contributed by atoms with Crippen molar-refractivity contribution >= 4 is 11.8 Å². The van der Waals surface area contributed by atoms with E-state index in [1.165, 1.54) is 0 Å². The van der Waals surface area contributed by atoms with E-state index in [2.05, 4.69) is 26.1 Å². The second-order valence-electron chi connectivity index (χ2n) is 4.37. The summed E-state index contributed by atoms with van der Waals surface area (Å²) in [6.07, 6.45) is 3.49. The fourth-order valence-corrected chi connectivity index (χ4v) is 1.72. The van der Waals surface area contributed by atoms with Gasteiger partial charge in [-0.05, 0) is 26.2 Å². The summed E-state index contributed by atoms with van der Waals surface area (Å²) in [5.74, 6) is 0.175. The molecule has 1 unspecified atom stereocenters. The molecular weight excluding hydrogens is 216 g/mol. The van der Waals surface area contributed by atoms with Gasteiger partial charge in [0.15, 0.2) is 0 Å². The van der Waals surface area contributed by atoms with Crippen LogP contribution in [0.15, 0.2) is 0 Å². The van der Waals surface area contributed by atoms with Crippen LogP contribution in [-0.4, -0.2) is 36.3 Å². The summed E-state index contributed by atoms with van der Waals surface area (Å²) in [5, 5.41) is 2.56. The van der Waals surface area contributed by atoms with E-state index in [9.17, 15) is 9.59 Å². The predicted octanol–water partition coefficient (Wildman–Crippen LogP) is 1.94. The molecule has 0 bridgehead atoms. The summed E-state index contributed by atoms with van der Waals surface area (Å²) >= 11 is 0. The molecule has 0 spiro atoms. The summed E-state index contributed by atoms with van der Waals surface area (Å²) in [7, 11) is 1.62. The summed E-state index contributed by atoms with van der Waals surface area (Å²) in [6, 6.07) is 0.294. The van der Waals surface area contributed by atoms with Gasteiger partial charge >= 0.3 is 0 Å². The fourth-order valence-electron chi connectivity index (χ4n) is 1.72. The van der Waals surface area contributed by atoms with Crippen molar-refractivity contribution in [2.24, 2.45) is 0 Å². The number of hydrogen-bond acceptors (Lipinski definition) is 2. The minimum atomic E-state index is 0.00313. The van der Waals surface area contributed by atoms with Gasteiger partial charge in [-0.2, -0.15) is 0 Å². The van der Waals surface area contributed by atoms with Crippen molar-refractivity contribution in [3.8, 4) is 0 Å². The Morgan fingerprint density at radius 2 is 1.88 bits per heavy atom. The van der Waals surface area contributed by atoms with Gasteiger partial charge in [0.1, 0.15) is 0 Å². The summed E-state index contributed by atoms with van der Waals surface area (Å²) in [5.41, 5.74) is 0. The van der Waals surface area contributed by atoms with Crippen LogP contribution in [0, 0.1) is 0 Å². The van der Waals surface area contributed by atoms with Crippen LogP contribution in [0.25, 0.3) is 0 Å². The molecule has 100 valence electrons. The van der Waals surface area contributed by atoms with E-state index < -0.39 is 0 Å². The quantitative estimate of drug-likeness (QED) is 0.707. The monoisotopic (exact) mass is 242 g/mol. The minimum absolute atomic E-state index is 0.00313. The van der Waals surface area contributed by atoms with Crippen LogP contribution < -0.4 is 5.32 Å². The molecule has 0 aromatic rings. The van der Waals surface area contributed by atoms with Gasteiger partial charge in [-0.3, -0.25) is 9.59 Å². The topological polar surface area (TPSA) is 49.4 Å². The molecule has 0 radical (unpaired) electrons. The maximum Gasteiger partial charge on any atom is 0.222 e. The molecular formula is C13H26N2O2. The number of carbonyl (C=O) groups excluding carboxylic acids is 2. The predicted molar refractivity (Wildman–Crippen MR) is 69.7 cm³/mol. The Kier molecular flexibility index (Phi) is 8.46. The average Bonchev–Trinajstić information content (AvgIpc) is 2.34. The second kappa shape index (κ2) is 9.02. The highest BCUT2D eigenvalue weighted by atomic mass is 16.2. The van der Waals surface area contributed by atoms with Crippen molar-refractivity contribution in [3.63, 3.8) is 0 Å². The van der Waals surface area contributed by atoms with Crippen LogP contribution in [0.5, 0.6) is 0 Å². The third kappa shape index (κ3) is 6.29. The first-order valence-electron chi connectivity index (χ1n) is 6.56. The van der Waals surface area contributed by atoms with Crippen molar-refractivity contribution in [3.05, 3.63) is 0 Å². The van der Waals surface area contributed by atoms with E-state index in [0.717, 1.165) is 19.4 Å². The Morgan fingerprint density at radius 3 is 2.35 bits per heavy atom. The van der Waals surface area contributed by atoms with Gasteiger partial charge in [0.25, 0.3) is 0 Å². The Morgan fingerprint density at radius 1 is 1.24 bits per heavy atom. The number of hydrogen-bond donors (Lipinski definition) is 1. The van der Waals surface area contributed by atoms with Crippen molar-refractivity contribution < 1.29 is 9.59 Å². The average molecular weight is 242 g/mol. The molecule has 0 aromatic heterocycles. The fraction of sp³-hybridized carbons (Fsp3) is 0.846. The van der Waals surface area contributed by atoms with E-state index in [-0.39, 0.29) is 11.8 Å². The number of carbonyl (C=O) groups is 2. The molecule has 1 N–H and O–H groups in total. The molecule has 2 amide bonds. The summed E-state index contributed by atoms with van der Waals surface area (Å²) in [6.45, 7) is 7.05. The molecule has 0 heterocycles. The van der Waals surface area contributed by atoms with Gasteiger partial charge in [0.05, 0.1) is 0 Å². The number of nitrogens with zero attached hydrogens (tertiary/aromatic N) is 1. The molecule has 0 rings (SSSR count). The van der Waals surface area contributed by atoms with Crippen molar-refractivity contribution in [2.75, 3.05) is 13.6 Å². The first kappa shape index (κ1) is 15.9. The third-order valence-electron chi connectivity index (χ3n) is 2.98. The molecule has 0 saturated heterocycles. The Labute approximate surface area is 105 Å². The summed E-state index contributed by atoms with van der Waals surface area (Å²) in [4.78, 5) is 25.0. The third-order valence-corrected chi connectivity index (χ3v) is 2.98. The van der Waals surface area contributed by atoms with E-state index in [1.807, 2.05) is 4.90 Å². The Balaban J connectivity index is 4.10. The standard InChI is InChI=1S/C13H26N2O2/c1-5-10-15(11(3)6-2)13(17)9-7-8-12(16)14-4/h11H,5-10H2,1-4H3,(H,14,16). The molecule has 4 nitrogen and oxygen atoms in total. The smallest absolute Gasteiger partial charge is 0.222 e. The number of amides is 2. The van der Waals surface area contributed by atoms with Gasteiger partial charge < -0.3 is 10.2 Å². The van der Waals surface area contributed by atoms with Crippen molar-refractivity contribution in [1.29, 1.82) is 0 Å². The van der Waals surface area contributed by atoms with Gasteiger partial charge in [-0.1, -0.05) is 13.8 Å². The van der Waals surface area contributed by atoms with Gasteiger partial charge in [-0.15, -0.1) is 0 Å². The number of nitrogens with one attached hydrogen (secondary N) is 1. The molecule has 0 fully saturated rings. The van der Waals surface area contributed by atoms with Crippen LogP contribution in [-0.2, 0) is 9.59 Å². The Bertz CT molecular complexity index is 242. The van der Waals surface area contributed by atoms with Gasteiger partial charge in [0.2, 0.25) is 11.8 Å². The number of rotatable bonds is 8. The van der Waals surface area contributed by atoms with Crippen LogP contribution in [0.4, 0.5) is 0 Å². The largest absolute Gasteiger partial charge is 0.359 e. The lowest BCUT2D eigenvalue weighted by Crippen LogP contribution is -2.38. The van der Waals surface area contributed by atoms with Gasteiger partial charge in [-0.25, -0.2) is 0 Å². The molecule has 0 aliphatic rings. The lowest BCUT2D eigenvalue weighted by molar-refractivity contribution is -0.133. The lowest BCUT2D eigenvalue weighted by atomic mass is 10.1. The molecule has 0 aliphatic carbocycles. The SMILES string of the molecule is CCCN(C(=O)CCCC(=O)NC)C(C)CC. The second-order valence-corrected chi connectivity index (χ2v) is 4.37. The molecule has 4 heteroatoms. The first-order chi connectivity index (χ1) is 8.06. The van der Waals surface area contributed by atoms with E-state index in [0.29, 0.717) is 25.3 Å². The van der Waals surface area contributed by atoms with Gasteiger partial charge in [0, 0.05) is 32.5 Å². The van der Waals surface area contributed by atoms with Crippen LogP contribution in [0.1, 0.15) is 52.9 Å². The van der Waals surface area contributed by atoms with Crippen LogP contribution in [0.3, 0.4) is 0 Å². The molecule has 1 atom stereocenters. The normalized spacial score (nSPS) is 12.0. The zero-order valence-electron chi connectivity index (χ0n) is 11.6. The molecule has 0 saturated carbocycles. The first-order valence-corrected chi connectivity index (χ1v) is 6.56. The van der Waals surface area contributed by atoms with Crippen molar-refractivity contribution in [1.82, 2.24) is 10.2 Å². The van der Waals surface area contributed by atoms with E-state index >= 15 is 0 Å². The molecule has 17 heavy (non-hydrogen) atoms. The maximum atomic E-state index is 12.0. The minimum Gasteiger partial charge on any atom is -0.359 e. The maximum absolute atomic E-state index is 12.0. The van der Waals surface area contributed by atoms with Crippen LogP contribution >= 0.6 is 0 Å². The highest BCUT2D eigenvalue weighted by Crippen LogP contribution is 2.09. The zero-order valence-corrected chi connectivity index (χ0v) is 11.6. The summed E-state index contributed by atoms with van der Waals surface area (Å²) < 4.78 is 0. The van der Waals surface area contributed by atoms with E-state index in [1.54, 1.807) is 7.05 Å². The molecule has 0 aromatic carbocycles. The molecule has 0 aliphatic heterocycles. The highest BCUT2D eigenvalue weighted by molar-refractivity contribution is 5.78. The van der Waals surface area contributed by atoms with E-state index in [4.69, 9.17) is 0 Å².